The maximum absolute atomic E-state index is 3.61. The molecule has 1 aliphatic carbocycles. The first-order valence-corrected chi connectivity index (χ1v) is 7.71. The van der Waals surface area contributed by atoms with Crippen molar-refractivity contribution < 1.29 is 0 Å². The van der Waals surface area contributed by atoms with Gasteiger partial charge >= 0.3 is 0 Å². The van der Waals surface area contributed by atoms with Gasteiger partial charge in [0.25, 0.3) is 0 Å². The molecule has 0 aliphatic heterocycles. The fraction of sp³-hybridized carbons (Fsp3) is 0.143. The monoisotopic (exact) mass is 287 g/mol. The Morgan fingerprint density at radius 3 is 1.91 bits per heavy atom. The van der Waals surface area contributed by atoms with Crippen molar-refractivity contribution in [2.45, 2.75) is 12.0 Å². The van der Waals surface area contributed by atoms with Gasteiger partial charge in [-0.1, -0.05) is 91.0 Å². The molecule has 0 saturated heterocycles. The minimum absolute atomic E-state index is 0.304. The first-order chi connectivity index (χ1) is 10.9. The molecule has 2 aromatic rings. The van der Waals surface area contributed by atoms with E-state index in [4.69, 9.17) is 0 Å². The second-order valence-corrected chi connectivity index (χ2v) is 5.44. The van der Waals surface area contributed by atoms with E-state index in [1.165, 1.54) is 16.7 Å². The molecule has 1 nitrogen and oxygen atoms in total. The summed E-state index contributed by atoms with van der Waals surface area (Å²) >= 11 is 0. The minimum atomic E-state index is -0.304. The highest BCUT2D eigenvalue weighted by atomic mass is 14.9. The Balaban J connectivity index is 2.23. The third kappa shape index (κ3) is 2.56. The van der Waals surface area contributed by atoms with E-state index in [0.717, 1.165) is 6.42 Å². The summed E-state index contributed by atoms with van der Waals surface area (Å²) in [6.45, 7) is 0. The molecule has 0 saturated carbocycles. The molecule has 0 amide bonds. The molecule has 0 bridgehead atoms. The number of nitrogens with one attached hydrogen (secondary N) is 1. The molecule has 1 N–H and O–H groups in total. The van der Waals surface area contributed by atoms with Crippen molar-refractivity contribution in [3.8, 4) is 0 Å². The van der Waals surface area contributed by atoms with Crippen LogP contribution >= 0.6 is 0 Å². The second-order valence-electron chi connectivity index (χ2n) is 5.44. The molecular weight excluding hydrogens is 266 g/mol. The molecule has 0 atom stereocenters. The van der Waals surface area contributed by atoms with Gasteiger partial charge in [-0.05, 0) is 30.2 Å². The van der Waals surface area contributed by atoms with E-state index < -0.39 is 0 Å². The van der Waals surface area contributed by atoms with Gasteiger partial charge in [-0.15, -0.1) is 0 Å². The van der Waals surface area contributed by atoms with Crippen LogP contribution in [0.3, 0.4) is 0 Å². The zero-order valence-corrected chi connectivity index (χ0v) is 12.9. The van der Waals surface area contributed by atoms with Crippen LogP contribution in [0.1, 0.15) is 17.5 Å². The van der Waals surface area contributed by atoms with Crippen molar-refractivity contribution in [3.05, 3.63) is 108 Å². The van der Waals surface area contributed by atoms with Gasteiger partial charge in [0, 0.05) is 0 Å². The van der Waals surface area contributed by atoms with Gasteiger partial charge in [0.1, 0.15) is 0 Å². The first kappa shape index (κ1) is 14.6. The van der Waals surface area contributed by atoms with Crippen LogP contribution in [0.4, 0.5) is 0 Å². The predicted molar refractivity (Wildman–Crippen MR) is 93.7 cm³/mol. The third-order valence-electron chi connectivity index (χ3n) is 4.26. The van der Waals surface area contributed by atoms with Gasteiger partial charge in [-0.2, -0.15) is 0 Å². The van der Waals surface area contributed by atoms with Crippen LogP contribution in [0.2, 0.25) is 0 Å². The summed E-state index contributed by atoms with van der Waals surface area (Å²) in [6, 6.07) is 21.3. The number of benzene rings is 2. The van der Waals surface area contributed by atoms with Gasteiger partial charge in [0.15, 0.2) is 0 Å². The van der Waals surface area contributed by atoms with Crippen molar-refractivity contribution in [2.75, 3.05) is 7.05 Å². The molecule has 110 valence electrons. The smallest absolute Gasteiger partial charge is 0.0911 e. The molecular formula is C21H21N. The molecule has 1 aliphatic rings. The average Bonchev–Trinajstić information content (AvgIpc) is 2.88. The minimum Gasteiger partial charge on any atom is -0.303 e. The molecule has 0 fully saturated rings. The van der Waals surface area contributed by atoms with Crippen molar-refractivity contribution in [1.82, 2.24) is 5.32 Å². The summed E-state index contributed by atoms with van der Waals surface area (Å²) in [6.07, 6.45) is 11.7. The van der Waals surface area contributed by atoms with Crippen LogP contribution in [0, 0.1) is 0 Å². The van der Waals surface area contributed by atoms with Crippen LogP contribution in [0.25, 0.3) is 0 Å². The molecule has 1 heteroatoms. The van der Waals surface area contributed by atoms with E-state index in [1.807, 2.05) is 7.05 Å². The van der Waals surface area contributed by atoms with Crippen molar-refractivity contribution in [1.29, 1.82) is 0 Å². The summed E-state index contributed by atoms with van der Waals surface area (Å²) in [4.78, 5) is 0. The Bertz CT molecular complexity index is 654. The SMILES string of the molecule is CNC(C1=CC=CC=CC1)(c1ccccc1)c1ccccc1. The van der Waals surface area contributed by atoms with E-state index in [0.29, 0.717) is 0 Å². The lowest BCUT2D eigenvalue weighted by atomic mass is 9.75. The average molecular weight is 287 g/mol. The first-order valence-electron chi connectivity index (χ1n) is 7.71. The Hall–Kier alpha value is -2.38. The highest BCUT2D eigenvalue weighted by Gasteiger charge is 2.35. The number of likely N-dealkylation sites (N-methyl/N-ethyl adjacent to an activating group) is 1. The van der Waals surface area contributed by atoms with Crippen LogP contribution in [0.15, 0.2) is 96.6 Å². The Labute approximate surface area is 132 Å². The van der Waals surface area contributed by atoms with E-state index in [2.05, 4.69) is 96.4 Å². The Kier molecular flexibility index (Phi) is 4.36. The lowest BCUT2D eigenvalue weighted by Crippen LogP contribution is -2.43. The second kappa shape index (κ2) is 6.59. The molecule has 0 heterocycles. The molecule has 0 radical (unpaired) electrons. The van der Waals surface area contributed by atoms with Crippen molar-refractivity contribution in [2.24, 2.45) is 0 Å². The van der Waals surface area contributed by atoms with Gasteiger partial charge < -0.3 is 5.32 Å². The summed E-state index contributed by atoms with van der Waals surface area (Å²) < 4.78 is 0. The summed E-state index contributed by atoms with van der Waals surface area (Å²) in [5.41, 5.74) is 3.57. The van der Waals surface area contributed by atoms with Crippen LogP contribution in [-0.2, 0) is 5.54 Å². The van der Waals surface area contributed by atoms with Crippen LogP contribution in [-0.4, -0.2) is 7.05 Å². The summed E-state index contributed by atoms with van der Waals surface area (Å²) in [7, 11) is 2.04. The van der Waals surface area contributed by atoms with E-state index in [-0.39, 0.29) is 5.54 Å². The molecule has 0 unspecified atom stereocenters. The van der Waals surface area contributed by atoms with Gasteiger partial charge in [-0.25, -0.2) is 0 Å². The number of allylic oxidation sites excluding steroid dienone is 5. The lowest BCUT2D eigenvalue weighted by Gasteiger charge is -2.37. The summed E-state index contributed by atoms with van der Waals surface area (Å²) in [5, 5.41) is 3.61. The summed E-state index contributed by atoms with van der Waals surface area (Å²) in [5.74, 6) is 0. The van der Waals surface area contributed by atoms with Gasteiger partial charge in [-0.3, -0.25) is 0 Å². The molecule has 22 heavy (non-hydrogen) atoms. The predicted octanol–water partition coefficient (Wildman–Crippen LogP) is 4.59. The molecule has 3 rings (SSSR count). The highest BCUT2D eigenvalue weighted by Crippen LogP contribution is 2.38. The maximum atomic E-state index is 3.61. The van der Waals surface area contributed by atoms with E-state index in [1.54, 1.807) is 0 Å². The van der Waals surface area contributed by atoms with Crippen LogP contribution < -0.4 is 5.32 Å². The number of rotatable bonds is 4. The van der Waals surface area contributed by atoms with Crippen molar-refractivity contribution >= 4 is 0 Å². The number of hydrogen-bond acceptors (Lipinski definition) is 1. The maximum Gasteiger partial charge on any atom is 0.0911 e. The van der Waals surface area contributed by atoms with Gasteiger partial charge in [0.05, 0.1) is 5.54 Å². The Morgan fingerprint density at radius 1 is 0.773 bits per heavy atom. The van der Waals surface area contributed by atoms with Crippen LogP contribution in [0.5, 0.6) is 0 Å². The van der Waals surface area contributed by atoms with Crippen molar-refractivity contribution in [3.63, 3.8) is 0 Å². The fourth-order valence-electron chi connectivity index (χ4n) is 3.22. The largest absolute Gasteiger partial charge is 0.303 e. The fourth-order valence-corrected chi connectivity index (χ4v) is 3.22. The normalized spacial score (nSPS) is 14.5. The zero-order valence-electron chi connectivity index (χ0n) is 12.9. The molecule has 2 aromatic carbocycles. The topological polar surface area (TPSA) is 12.0 Å². The molecule has 0 spiro atoms. The zero-order chi connectivity index (χ0) is 15.3. The quantitative estimate of drug-likeness (QED) is 0.867. The highest BCUT2D eigenvalue weighted by molar-refractivity contribution is 5.49. The van der Waals surface area contributed by atoms with E-state index >= 15 is 0 Å². The van der Waals surface area contributed by atoms with Gasteiger partial charge in [0.2, 0.25) is 0 Å². The third-order valence-corrected chi connectivity index (χ3v) is 4.26. The number of hydrogen-bond donors (Lipinski definition) is 1. The standard InChI is InChI=1S/C21H21N/c1-22-21(19-14-8-4-9-15-19,20-16-10-5-11-17-20)18-12-6-2-3-7-13-18/h2-12,14-17,22H,13H2,1H3. The molecule has 0 aromatic heterocycles. The Morgan fingerprint density at radius 2 is 1.36 bits per heavy atom. The lowest BCUT2D eigenvalue weighted by molar-refractivity contribution is 0.505. The van der Waals surface area contributed by atoms with E-state index in [9.17, 15) is 0 Å².